The first-order valence-corrected chi connectivity index (χ1v) is 5.06. The topological polar surface area (TPSA) is 17.1 Å². The van der Waals surface area contributed by atoms with Gasteiger partial charge in [0.15, 0.2) is 0 Å². The highest BCUT2D eigenvalue weighted by atomic mass is 19.1. The van der Waals surface area contributed by atoms with Gasteiger partial charge in [-0.25, -0.2) is 8.78 Å². The summed E-state index contributed by atoms with van der Waals surface area (Å²) in [5.74, 6) is -1.10. The Morgan fingerprint density at radius 2 is 1.80 bits per heavy atom. The van der Waals surface area contributed by atoms with Crippen LogP contribution in [0.4, 0.5) is 8.78 Å². The van der Waals surface area contributed by atoms with Crippen molar-refractivity contribution in [1.82, 2.24) is 0 Å². The van der Waals surface area contributed by atoms with Crippen LogP contribution in [0.3, 0.4) is 0 Å². The lowest BCUT2D eigenvalue weighted by molar-refractivity contribution is -0.120. The molecule has 1 aromatic carbocycles. The summed E-state index contributed by atoms with van der Waals surface area (Å²) in [6.45, 7) is 1.82. The molecule has 0 saturated heterocycles. The standard InChI is InChI=1S/C12H12F2O/c1-7-11(2-3-12(7)15)8-4-9(13)6-10(14)5-8/h4-7,11H,2-3H2,1H3. The number of ketones is 1. The van der Waals surface area contributed by atoms with Gasteiger partial charge in [0, 0.05) is 18.4 Å². The maximum Gasteiger partial charge on any atom is 0.136 e. The molecule has 0 aliphatic heterocycles. The van der Waals surface area contributed by atoms with Crippen molar-refractivity contribution in [3.63, 3.8) is 0 Å². The van der Waals surface area contributed by atoms with Gasteiger partial charge in [0.2, 0.25) is 0 Å². The average molecular weight is 210 g/mol. The zero-order valence-electron chi connectivity index (χ0n) is 8.47. The summed E-state index contributed by atoms with van der Waals surface area (Å²) >= 11 is 0. The van der Waals surface area contributed by atoms with Crippen LogP contribution in [-0.2, 0) is 4.79 Å². The molecule has 1 aliphatic rings. The van der Waals surface area contributed by atoms with Crippen LogP contribution in [0.2, 0.25) is 0 Å². The molecule has 0 radical (unpaired) electrons. The molecule has 1 aliphatic carbocycles. The van der Waals surface area contributed by atoms with E-state index in [2.05, 4.69) is 0 Å². The fourth-order valence-corrected chi connectivity index (χ4v) is 2.24. The molecule has 0 bridgehead atoms. The van der Waals surface area contributed by atoms with Crippen LogP contribution >= 0.6 is 0 Å². The highest BCUT2D eigenvalue weighted by Gasteiger charge is 2.32. The molecule has 3 heteroatoms. The minimum atomic E-state index is -0.573. The molecule has 1 aromatic rings. The Morgan fingerprint density at radius 3 is 2.27 bits per heavy atom. The van der Waals surface area contributed by atoms with Crippen molar-refractivity contribution in [1.29, 1.82) is 0 Å². The molecule has 0 N–H and O–H groups in total. The van der Waals surface area contributed by atoms with Crippen molar-refractivity contribution in [3.05, 3.63) is 35.4 Å². The van der Waals surface area contributed by atoms with Gasteiger partial charge in [-0.3, -0.25) is 4.79 Å². The fraction of sp³-hybridized carbons (Fsp3) is 0.417. The van der Waals surface area contributed by atoms with E-state index >= 15 is 0 Å². The van der Waals surface area contributed by atoms with E-state index in [4.69, 9.17) is 0 Å². The van der Waals surface area contributed by atoms with Crippen LogP contribution in [0.25, 0.3) is 0 Å². The predicted octanol–water partition coefficient (Wildman–Crippen LogP) is 3.05. The van der Waals surface area contributed by atoms with Crippen molar-refractivity contribution in [3.8, 4) is 0 Å². The fourth-order valence-electron chi connectivity index (χ4n) is 2.24. The zero-order valence-corrected chi connectivity index (χ0v) is 8.47. The molecule has 0 amide bonds. The number of benzene rings is 1. The summed E-state index contributed by atoms with van der Waals surface area (Å²) in [4.78, 5) is 11.3. The highest BCUT2D eigenvalue weighted by Crippen LogP contribution is 2.37. The third-order valence-corrected chi connectivity index (χ3v) is 3.13. The highest BCUT2D eigenvalue weighted by molar-refractivity contribution is 5.84. The Labute approximate surface area is 87.1 Å². The monoisotopic (exact) mass is 210 g/mol. The Morgan fingerprint density at radius 1 is 1.20 bits per heavy atom. The summed E-state index contributed by atoms with van der Waals surface area (Å²) in [6, 6.07) is 3.50. The average Bonchev–Trinajstić information content (AvgIpc) is 2.46. The lowest BCUT2D eigenvalue weighted by Gasteiger charge is -2.14. The van der Waals surface area contributed by atoms with Crippen molar-refractivity contribution < 1.29 is 13.6 Å². The zero-order chi connectivity index (χ0) is 11.0. The van der Waals surface area contributed by atoms with Gasteiger partial charge in [-0.15, -0.1) is 0 Å². The van der Waals surface area contributed by atoms with E-state index in [1.165, 1.54) is 12.1 Å². The predicted molar refractivity (Wildman–Crippen MR) is 52.5 cm³/mol. The number of Topliss-reactive ketones (excluding diaryl/α,β-unsaturated/α-hetero) is 1. The summed E-state index contributed by atoms with van der Waals surface area (Å²) < 4.78 is 26.0. The second kappa shape index (κ2) is 3.72. The summed E-state index contributed by atoms with van der Waals surface area (Å²) in [6.07, 6.45) is 1.22. The molecule has 0 aromatic heterocycles. The van der Waals surface area contributed by atoms with Crippen molar-refractivity contribution >= 4 is 5.78 Å². The van der Waals surface area contributed by atoms with E-state index in [0.717, 1.165) is 6.07 Å². The molecule has 2 unspecified atom stereocenters. The Kier molecular flexibility index (Phi) is 2.55. The second-order valence-electron chi connectivity index (χ2n) is 4.10. The lowest BCUT2D eigenvalue weighted by Crippen LogP contribution is -2.09. The lowest BCUT2D eigenvalue weighted by atomic mass is 9.90. The molecule has 0 heterocycles. The van der Waals surface area contributed by atoms with Crippen LogP contribution < -0.4 is 0 Å². The van der Waals surface area contributed by atoms with Gasteiger partial charge in [0.25, 0.3) is 0 Å². The first kappa shape index (κ1) is 10.3. The molecule has 80 valence electrons. The molecule has 1 fully saturated rings. The van der Waals surface area contributed by atoms with E-state index in [1.807, 2.05) is 6.92 Å². The van der Waals surface area contributed by atoms with Crippen LogP contribution in [0, 0.1) is 17.6 Å². The van der Waals surface area contributed by atoms with E-state index < -0.39 is 11.6 Å². The van der Waals surface area contributed by atoms with Crippen LogP contribution in [0.1, 0.15) is 31.2 Å². The van der Waals surface area contributed by atoms with Crippen LogP contribution in [0.5, 0.6) is 0 Å². The SMILES string of the molecule is CC1C(=O)CCC1c1cc(F)cc(F)c1. The summed E-state index contributed by atoms with van der Waals surface area (Å²) in [5, 5.41) is 0. The van der Waals surface area contributed by atoms with Gasteiger partial charge in [-0.05, 0) is 30.0 Å². The third-order valence-electron chi connectivity index (χ3n) is 3.13. The van der Waals surface area contributed by atoms with Crippen molar-refractivity contribution in [2.24, 2.45) is 5.92 Å². The van der Waals surface area contributed by atoms with Gasteiger partial charge in [-0.1, -0.05) is 6.92 Å². The normalized spacial score (nSPS) is 25.9. The van der Waals surface area contributed by atoms with Gasteiger partial charge in [0.05, 0.1) is 0 Å². The smallest absolute Gasteiger partial charge is 0.136 e. The Bertz CT molecular complexity index is 380. The van der Waals surface area contributed by atoms with Gasteiger partial charge in [-0.2, -0.15) is 0 Å². The largest absolute Gasteiger partial charge is 0.299 e. The third kappa shape index (κ3) is 1.91. The minimum Gasteiger partial charge on any atom is -0.299 e. The number of hydrogen-bond donors (Lipinski definition) is 0. The van der Waals surface area contributed by atoms with Gasteiger partial charge in [0.1, 0.15) is 17.4 Å². The van der Waals surface area contributed by atoms with E-state index in [9.17, 15) is 13.6 Å². The second-order valence-corrected chi connectivity index (χ2v) is 4.10. The number of carbonyl (C=O) groups is 1. The molecular formula is C12H12F2O. The quantitative estimate of drug-likeness (QED) is 0.696. The Hall–Kier alpha value is -1.25. The maximum atomic E-state index is 13.0. The van der Waals surface area contributed by atoms with Gasteiger partial charge < -0.3 is 0 Å². The maximum absolute atomic E-state index is 13.0. The molecule has 15 heavy (non-hydrogen) atoms. The molecule has 2 rings (SSSR count). The number of carbonyl (C=O) groups excluding carboxylic acids is 1. The summed E-state index contributed by atoms with van der Waals surface area (Å²) in [5.41, 5.74) is 0.603. The molecule has 1 nitrogen and oxygen atoms in total. The van der Waals surface area contributed by atoms with Crippen molar-refractivity contribution in [2.75, 3.05) is 0 Å². The number of hydrogen-bond acceptors (Lipinski definition) is 1. The van der Waals surface area contributed by atoms with Crippen LogP contribution in [-0.4, -0.2) is 5.78 Å². The van der Waals surface area contributed by atoms with E-state index in [-0.39, 0.29) is 17.6 Å². The molecule has 2 atom stereocenters. The van der Waals surface area contributed by atoms with E-state index in [0.29, 0.717) is 18.4 Å². The van der Waals surface area contributed by atoms with Crippen molar-refractivity contribution in [2.45, 2.75) is 25.7 Å². The molecular weight excluding hydrogens is 198 g/mol. The Balaban J connectivity index is 2.33. The summed E-state index contributed by atoms with van der Waals surface area (Å²) in [7, 11) is 0. The van der Waals surface area contributed by atoms with E-state index in [1.54, 1.807) is 0 Å². The number of rotatable bonds is 1. The molecule has 0 spiro atoms. The number of halogens is 2. The molecule has 1 saturated carbocycles. The minimum absolute atomic E-state index is 0.0253. The first-order chi connectivity index (χ1) is 7.08. The van der Waals surface area contributed by atoms with Gasteiger partial charge >= 0.3 is 0 Å². The van der Waals surface area contributed by atoms with Crippen LogP contribution in [0.15, 0.2) is 18.2 Å². The first-order valence-electron chi connectivity index (χ1n) is 5.06.